The van der Waals surface area contributed by atoms with Crippen molar-refractivity contribution in [3.8, 4) is 0 Å². The van der Waals surface area contributed by atoms with Gasteiger partial charge in [0.1, 0.15) is 13.6 Å². The Bertz CT molecular complexity index is 516. The first-order chi connectivity index (χ1) is 7.27. The van der Waals surface area contributed by atoms with Gasteiger partial charge in [-0.05, 0) is 34.4 Å². The number of halogens is 1. The Hall–Kier alpha value is -0.960. The monoisotopic (exact) mass is 332 g/mol. The van der Waals surface area contributed by atoms with E-state index >= 15 is 0 Å². The topological polar surface area (TPSA) is 71.5 Å². The zero-order valence-corrected chi connectivity index (χ0v) is 10.3. The molecule has 2 aromatic rings. The summed E-state index contributed by atoms with van der Waals surface area (Å²) < 4.78 is 0.561. The Labute approximate surface area is 103 Å². The molecule has 0 aliphatic carbocycles. The number of hydrogen-bond acceptors (Lipinski definition) is 5. The van der Waals surface area contributed by atoms with Gasteiger partial charge in [-0.15, -0.1) is 0 Å². The lowest BCUT2D eigenvalue weighted by atomic mass is 10.7. The molecule has 0 amide bonds. The Morgan fingerprint density at radius 2 is 2.20 bits per heavy atom. The second-order valence-electron chi connectivity index (χ2n) is 2.50. The van der Waals surface area contributed by atoms with E-state index in [-0.39, 0.29) is 5.56 Å². The highest BCUT2D eigenvalue weighted by molar-refractivity contribution is 14.1. The van der Waals surface area contributed by atoms with Crippen molar-refractivity contribution in [3.05, 3.63) is 38.8 Å². The van der Waals surface area contributed by atoms with E-state index in [1.807, 2.05) is 22.6 Å². The van der Waals surface area contributed by atoms with Gasteiger partial charge in [0, 0.05) is 12.4 Å². The van der Waals surface area contributed by atoms with E-state index in [9.17, 15) is 4.79 Å². The lowest BCUT2D eigenvalue weighted by Crippen LogP contribution is -2.11. The molecule has 2 aromatic heterocycles. The standard InChI is InChI=1S/C8H5IN4OS/c9-6-7(14)12-4-13-8(6)15-5-3-10-1-2-11-5/h1-4H,(H,12,13,14). The van der Waals surface area contributed by atoms with Gasteiger partial charge in [-0.25, -0.2) is 9.97 Å². The first-order valence-electron chi connectivity index (χ1n) is 3.94. The Balaban J connectivity index is 2.33. The van der Waals surface area contributed by atoms with Crippen LogP contribution in [0.3, 0.4) is 0 Å². The third-order valence-corrected chi connectivity index (χ3v) is 3.79. The van der Waals surface area contributed by atoms with Crippen LogP contribution in [0.15, 0.2) is 39.8 Å². The van der Waals surface area contributed by atoms with Crippen LogP contribution in [0.2, 0.25) is 0 Å². The van der Waals surface area contributed by atoms with Gasteiger partial charge in [0.2, 0.25) is 0 Å². The molecular weight excluding hydrogens is 327 g/mol. The summed E-state index contributed by atoms with van der Waals surface area (Å²) in [5.41, 5.74) is -0.142. The molecule has 0 saturated heterocycles. The number of rotatable bonds is 2. The quantitative estimate of drug-likeness (QED) is 0.663. The fraction of sp³-hybridized carbons (Fsp3) is 0. The van der Waals surface area contributed by atoms with Crippen LogP contribution >= 0.6 is 34.4 Å². The molecule has 0 aromatic carbocycles. The average Bonchev–Trinajstić information content (AvgIpc) is 2.26. The second kappa shape index (κ2) is 4.71. The molecule has 0 atom stereocenters. The summed E-state index contributed by atoms with van der Waals surface area (Å²) >= 11 is 3.27. The van der Waals surface area contributed by atoms with Crippen molar-refractivity contribution in [2.75, 3.05) is 0 Å². The normalized spacial score (nSPS) is 10.2. The van der Waals surface area contributed by atoms with Crippen LogP contribution in [0.4, 0.5) is 0 Å². The molecule has 2 heterocycles. The molecule has 0 bridgehead atoms. The lowest BCUT2D eigenvalue weighted by Gasteiger charge is -1.99. The van der Waals surface area contributed by atoms with E-state index in [4.69, 9.17) is 0 Å². The van der Waals surface area contributed by atoms with Crippen molar-refractivity contribution in [2.45, 2.75) is 10.1 Å². The fourth-order valence-corrected chi connectivity index (χ4v) is 2.21. The van der Waals surface area contributed by atoms with Gasteiger partial charge < -0.3 is 4.98 Å². The highest BCUT2D eigenvalue weighted by atomic mass is 127. The van der Waals surface area contributed by atoms with Gasteiger partial charge in [-0.2, -0.15) is 0 Å². The number of hydrogen-bond donors (Lipinski definition) is 1. The predicted octanol–water partition coefficient (Wildman–Crippen LogP) is 1.32. The SMILES string of the molecule is O=c1[nH]cnc(Sc2cnccn2)c1I. The number of nitrogens with one attached hydrogen (secondary N) is 1. The molecule has 0 fully saturated rings. The first kappa shape index (κ1) is 10.6. The molecule has 0 radical (unpaired) electrons. The van der Waals surface area contributed by atoms with Crippen molar-refractivity contribution >= 4 is 34.4 Å². The summed E-state index contributed by atoms with van der Waals surface area (Å²) in [6.07, 6.45) is 6.20. The highest BCUT2D eigenvalue weighted by Crippen LogP contribution is 2.24. The molecule has 0 saturated carbocycles. The van der Waals surface area contributed by atoms with E-state index in [1.165, 1.54) is 18.1 Å². The summed E-state index contributed by atoms with van der Waals surface area (Å²) in [5, 5.41) is 1.35. The Morgan fingerprint density at radius 1 is 1.33 bits per heavy atom. The fourth-order valence-electron chi connectivity index (χ4n) is 0.875. The molecule has 5 nitrogen and oxygen atoms in total. The van der Waals surface area contributed by atoms with Crippen molar-refractivity contribution in [2.24, 2.45) is 0 Å². The number of aromatic nitrogens is 4. The van der Waals surface area contributed by atoms with Crippen molar-refractivity contribution < 1.29 is 0 Å². The van der Waals surface area contributed by atoms with E-state index in [2.05, 4.69) is 19.9 Å². The Kier molecular flexibility index (Phi) is 3.31. The highest BCUT2D eigenvalue weighted by Gasteiger charge is 2.07. The lowest BCUT2D eigenvalue weighted by molar-refractivity contribution is 0.977. The smallest absolute Gasteiger partial charge is 0.265 e. The zero-order chi connectivity index (χ0) is 10.7. The average molecular weight is 332 g/mol. The first-order valence-corrected chi connectivity index (χ1v) is 5.84. The summed E-state index contributed by atoms with van der Waals surface area (Å²) in [7, 11) is 0. The maximum atomic E-state index is 11.3. The maximum Gasteiger partial charge on any atom is 0.265 e. The largest absolute Gasteiger partial charge is 0.312 e. The minimum atomic E-state index is -0.142. The van der Waals surface area contributed by atoms with Gasteiger partial charge in [-0.3, -0.25) is 9.78 Å². The summed E-state index contributed by atoms with van der Waals surface area (Å²) in [6.45, 7) is 0. The predicted molar refractivity (Wildman–Crippen MR) is 63.7 cm³/mol. The summed E-state index contributed by atoms with van der Waals surface area (Å²) in [5.74, 6) is 0. The molecule has 0 unspecified atom stereocenters. The molecule has 0 aliphatic rings. The summed E-state index contributed by atoms with van der Waals surface area (Å²) in [4.78, 5) is 25.9. The van der Waals surface area contributed by atoms with E-state index < -0.39 is 0 Å². The van der Waals surface area contributed by atoms with E-state index in [0.29, 0.717) is 13.6 Å². The Morgan fingerprint density at radius 3 is 2.93 bits per heavy atom. The van der Waals surface area contributed by atoms with Gasteiger partial charge in [0.05, 0.1) is 12.5 Å². The van der Waals surface area contributed by atoms with Gasteiger partial charge in [-0.1, -0.05) is 0 Å². The van der Waals surface area contributed by atoms with Gasteiger partial charge >= 0.3 is 0 Å². The van der Waals surface area contributed by atoms with Crippen LogP contribution in [0.5, 0.6) is 0 Å². The number of nitrogens with zero attached hydrogens (tertiary/aromatic N) is 3. The minimum absolute atomic E-state index is 0.142. The number of H-pyrrole nitrogens is 1. The zero-order valence-electron chi connectivity index (χ0n) is 7.35. The molecule has 0 aliphatic heterocycles. The van der Waals surface area contributed by atoms with E-state index in [1.54, 1.807) is 18.6 Å². The minimum Gasteiger partial charge on any atom is -0.312 e. The van der Waals surface area contributed by atoms with Crippen LogP contribution in [-0.4, -0.2) is 19.9 Å². The number of aromatic amines is 1. The molecule has 76 valence electrons. The third-order valence-electron chi connectivity index (χ3n) is 1.51. The molecule has 1 N–H and O–H groups in total. The van der Waals surface area contributed by atoms with Gasteiger partial charge in [0.25, 0.3) is 5.56 Å². The molecule has 2 rings (SSSR count). The van der Waals surface area contributed by atoms with Gasteiger partial charge in [0.15, 0.2) is 0 Å². The van der Waals surface area contributed by atoms with Crippen molar-refractivity contribution in [1.29, 1.82) is 0 Å². The van der Waals surface area contributed by atoms with Crippen LogP contribution in [-0.2, 0) is 0 Å². The molecule has 7 heteroatoms. The molecule has 15 heavy (non-hydrogen) atoms. The molecule has 0 spiro atoms. The van der Waals surface area contributed by atoms with E-state index in [0.717, 1.165) is 0 Å². The van der Waals surface area contributed by atoms with Crippen LogP contribution in [0.1, 0.15) is 0 Å². The summed E-state index contributed by atoms with van der Waals surface area (Å²) in [6, 6.07) is 0. The van der Waals surface area contributed by atoms with Crippen LogP contribution in [0, 0.1) is 3.57 Å². The maximum absolute atomic E-state index is 11.3. The van der Waals surface area contributed by atoms with Crippen LogP contribution < -0.4 is 5.56 Å². The third kappa shape index (κ3) is 2.53. The molecular formula is C8H5IN4OS. The van der Waals surface area contributed by atoms with Crippen molar-refractivity contribution in [3.63, 3.8) is 0 Å². The van der Waals surface area contributed by atoms with Crippen molar-refractivity contribution in [1.82, 2.24) is 19.9 Å². The van der Waals surface area contributed by atoms with Crippen LogP contribution in [0.25, 0.3) is 0 Å². The second-order valence-corrected chi connectivity index (χ2v) is 4.58.